The third-order valence-electron chi connectivity index (χ3n) is 4.56. The molecular weight excluding hydrogens is 356 g/mol. The van der Waals surface area contributed by atoms with Gasteiger partial charge in [-0.15, -0.1) is 0 Å². The van der Waals surface area contributed by atoms with Gasteiger partial charge in [-0.25, -0.2) is 4.79 Å². The largest absolute Gasteiger partial charge is 0.493 e. The molecule has 0 aromatic heterocycles. The van der Waals surface area contributed by atoms with E-state index in [-0.39, 0.29) is 0 Å². The zero-order valence-corrected chi connectivity index (χ0v) is 15.2. The Labute approximate surface area is 163 Å². The molecular formula is C23H20O5. The maximum absolute atomic E-state index is 11.7. The van der Waals surface area contributed by atoms with Crippen LogP contribution in [0, 0.1) is 0 Å². The number of carboxylic acid groups (broad SMARTS) is 1. The smallest absolute Gasteiger partial charge is 0.349 e. The van der Waals surface area contributed by atoms with Crippen LogP contribution < -0.4 is 14.2 Å². The van der Waals surface area contributed by atoms with Gasteiger partial charge < -0.3 is 19.3 Å². The summed E-state index contributed by atoms with van der Waals surface area (Å²) in [7, 11) is 0. The zero-order chi connectivity index (χ0) is 19.3. The van der Waals surface area contributed by atoms with Crippen molar-refractivity contribution in [3.05, 3.63) is 90.0 Å². The lowest BCUT2D eigenvalue weighted by molar-refractivity contribution is -0.151. The molecule has 2 atom stereocenters. The molecule has 0 aliphatic carbocycles. The van der Waals surface area contributed by atoms with Crippen molar-refractivity contribution in [3.8, 4) is 17.2 Å². The fraction of sp³-hybridized carbons (Fsp3) is 0.174. The molecule has 1 aliphatic heterocycles. The minimum atomic E-state index is -1.13. The normalized spacial score (nSPS) is 17.7. The first-order valence-electron chi connectivity index (χ1n) is 9.12. The van der Waals surface area contributed by atoms with Crippen molar-refractivity contribution in [2.75, 3.05) is 6.61 Å². The minimum Gasteiger partial charge on any atom is -0.493 e. The number of para-hydroxylation sites is 2. The summed E-state index contributed by atoms with van der Waals surface area (Å²) in [4.78, 5) is 11.7. The molecule has 0 spiro atoms. The number of benzene rings is 3. The topological polar surface area (TPSA) is 65.0 Å². The molecule has 0 fully saturated rings. The van der Waals surface area contributed by atoms with Gasteiger partial charge >= 0.3 is 5.97 Å². The number of hydrogen-bond donors (Lipinski definition) is 1. The van der Waals surface area contributed by atoms with Crippen LogP contribution in [0.4, 0.5) is 0 Å². The summed E-state index contributed by atoms with van der Waals surface area (Å²) in [5.41, 5.74) is 1.89. The van der Waals surface area contributed by atoms with Gasteiger partial charge in [0.2, 0.25) is 6.10 Å². The van der Waals surface area contributed by atoms with E-state index in [9.17, 15) is 9.90 Å². The zero-order valence-electron chi connectivity index (χ0n) is 15.2. The van der Waals surface area contributed by atoms with Crippen molar-refractivity contribution in [1.29, 1.82) is 0 Å². The van der Waals surface area contributed by atoms with Crippen LogP contribution in [0.2, 0.25) is 0 Å². The standard InChI is InChI=1S/C23H20O5/c24-23(25)22-21(27-19-11-4-5-12-20(19)28-22)17-9-6-10-18(15-17)26-14-13-16-7-2-1-3-8-16/h1-12,15,21-22H,13-14H2,(H,24,25). The first-order valence-corrected chi connectivity index (χ1v) is 9.12. The summed E-state index contributed by atoms with van der Waals surface area (Å²) >= 11 is 0. The molecule has 0 amide bonds. The van der Waals surface area contributed by atoms with Gasteiger partial charge in [0, 0.05) is 12.0 Å². The first kappa shape index (κ1) is 17.9. The second kappa shape index (κ2) is 8.05. The quantitative estimate of drug-likeness (QED) is 0.696. The third kappa shape index (κ3) is 3.93. The average Bonchev–Trinajstić information content (AvgIpc) is 2.74. The van der Waals surface area contributed by atoms with Crippen molar-refractivity contribution in [3.63, 3.8) is 0 Å². The van der Waals surface area contributed by atoms with Crippen LogP contribution in [-0.4, -0.2) is 23.8 Å². The predicted molar refractivity (Wildman–Crippen MR) is 104 cm³/mol. The monoisotopic (exact) mass is 376 g/mol. The third-order valence-corrected chi connectivity index (χ3v) is 4.56. The Hall–Kier alpha value is -3.47. The molecule has 5 nitrogen and oxygen atoms in total. The second-order valence-corrected chi connectivity index (χ2v) is 6.52. The van der Waals surface area contributed by atoms with E-state index in [1.807, 2.05) is 48.5 Å². The van der Waals surface area contributed by atoms with Gasteiger partial charge in [-0.2, -0.15) is 0 Å². The Morgan fingerprint density at radius 3 is 2.36 bits per heavy atom. The van der Waals surface area contributed by atoms with Gasteiger partial charge in [0.25, 0.3) is 0 Å². The molecule has 0 radical (unpaired) electrons. The summed E-state index contributed by atoms with van der Waals surface area (Å²) in [5, 5.41) is 9.60. The molecule has 3 aromatic carbocycles. The van der Waals surface area contributed by atoms with E-state index in [1.54, 1.807) is 18.2 Å². The molecule has 3 aromatic rings. The molecule has 1 heterocycles. The number of hydrogen-bond acceptors (Lipinski definition) is 4. The van der Waals surface area contributed by atoms with E-state index >= 15 is 0 Å². The minimum absolute atomic E-state index is 0.432. The lowest BCUT2D eigenvalue weighted by Crippen LogP contribution is -2.39. The van der Waals surface area contributed by atoms with Crippen LogP contribution in [0.3, 0.4) is 0 Å². The molecule has 1 aliphatic rings. The van der Waals surface area contributed by atoms with Crippen molar-refractivity contribution >= 4 is 5.97 Å². The lowest BCUT2D eigenvalue weighted by atomic mass is 10.0. The van der Waals surface area contributed by atoms with Crippen LogP contribution in [0.5, 0.6) is 17.2 Å². The fourth-order valence-electron chi connectivity index (χ4n) is 3.18. The number of fused-ring (bicyclic) bond motifs is 1. The molecule has 2 unspecified atom stereocenters. The molecule has 5 heteroatoms. The Morgan fingerprint density at radius 1 is 0.893 bits per heavy atom. The first-order chi connectivity index (χ1) is 13.7. The Bertz CT molecular complexity index is 954. The maximum Gasteiger partial charge on any atom is 0.349 e. The van der Waals surface area contributed by atoms with Crippen molar-refractivity contribution in [1.82, 2.24) is 0 Å². The molecule has 1 N–H and O–H groups in total. The van der Waals surface area contributed by atoms with E-state index in [0.29, 0.717) is 29.4 Å². The number of rotatable bonds is 6. The van der Waals surface area contributed by atoms with E-state index in [2.05, 4.69) is 12.1 Å². The highest BCUT2D eigenvalue weighted by molar-refractivity contribution is 5.75. The van der Waals surface area contributed by atoms with Gasteiger partial charge in [-0.05, 0) is 29.8 Å². The molecule has 0 bridgehead atoms. The summed E-state index contributed by atoms with van der Waals surface area (Å²) in [5.74, 6) is 0.553. The van der Waals surface area contributed by atoms with E-state index in [4.69, 9.17) is 14.2 Å². The highest BCUT2D eigenvalue weighted by Gasteiger charge is 2.38. The van der Waals surface area contributed by atoms with Crippen molar-refractivity contribution in [2.24, 2.45) is 0 Å². The molecule has 28 heavy (non-hydrogen) atoms. The van der Waals surface area contributed by atoms with Crippen molar-refractivity contribution in [2.45, 2.75) is 18.6 Å². The highest BCUT2D eigenvalue weighted by atomic mass is 16.6. The van der Waals surface area contributed by atoms with E-state index in [1.165, 1.54) is 5.56 Å². The van der Waals surface area contributed by atoms with Gasteiger partial charge in [0.15, 0.2) is 17.6 Å². The average molecular weight is 376 g/mol. The Balaban J connectivity index is 1.50. The van der Waals surface area contributed by atoms with Crippen LogP contribution in [0.15, 0.2) is 78.9 Å². The predicted octanol–water partition coefficient (Wildman–Crippen LogP) is 4.27. The van der Waals surface area contributed by atoms with Crippen LogP contribution in [0.1, 0.15) is 17.2 Å². The number of carbonyl (C=O) groups is 1. The van der Waals surface area contributed by atoms with Gasteiger partial charge in [-0.3, -0.25) is 0 Å². The van der Waals surface area contributed by atoms with E-state index in [0.717, 1.165) is 6.42 Å². The summed E-state index contributed by atoms with van der Waals surface area (Å²) in [6.45, 7) is 0.528. The van der Waals surface area contributed by atoms with Gasteiger partial charge in [-0.1, -0.05) is 54.6 Å². The molecule has 4 rings (SSSR count). The maximum atomic E-state index is 11.7. The summed E-state index contributed by atoms with van der Waals surface area (Å²) < 4.78 is 17.5. The lowest BCUT2D eigenvalue weighted by Gasteiger charge is -2.32. The van der Waals surface area contributed by atoms with Crippen LogP contribution in [0.25, 0.3) is 0 Å². The molecule has 0 saturated carbocycles. The Morgan fingerprint density at radius 2 is 1.61 bits per heavy atom. The highest BCUT2D eigenvalue weighted by Crippen LogP contribution is 2.39. The second-order valence-electron chi connectivity index (χ2n) is 6.52. The van der Waals surface area contributed by atoms with Crippen LogP contribution in [-0.2, 0) is 11.2 Å². The van der Waals surface area contributed by atoms with Gasteiger partial charge in [0.1, 0.15) is 5.75 Å². The van der Waals surface area contributed by atoms with Crippen LogP contribution >= 0.6 is 0 Å². The van der Waals surface area contributed by atoms with E-state index < -0.39 is 18.2 Å². The summed E-state index contributed by atoms with van der Waals surface area (Å²) in [6, 6.07) is 24.5. The number of aliphatic carboxylic acids is 1. The number of carboxylic acids is 1. The molecule has 142 valence electrons. The Kier molecular flexibility index (Phi) is 5.15. The molecule has 0 saturated heterocycles. The summed E-state index contributed by atoms with van der Waals surface area (Å²) in [6.07, 6.45) is -1.10. The fourth-order valence-corrected chi connectivity index (χ4v) is 3.18. The SMILES string of the molecule is O=C(O)C1Oc2ccccc2OC1c1cccc(OCCc2ccccc2)c1. The number of ether oxygens (including phenoxy) is 3. The van der Waals surface area contributed by atoms with Crippen molar-refractivity contribution < 1.29 is 24.1 Å². The van der Waals surface area contributed by atoms with Gasteiger partial charge in [0.05, 0.1) is 6.61 Å².